The minimum absolute atomic E-state index is 0.0552. The van der Waals surface area contributed by atoms with Crippen molar-refractivity contribution >= 4 is 11.6 Å². The number of hydrogen-bond acceptors (Lipinski definition) is 4. The van der Waals surface area contributed by atoms with Gasteiger partial charge in [-0.1, -0.05) is 6.07 Å². The molecule has 0 radical (unpaired) electrons. The van der Waals surface area contributed by atoms with Crippen molar-refractivity contribution in [3.8, 4) is 5.75 Å². The Hall–Kier alpha value is -1.96. The van der Waals surface area contributed by atoms with E-state index in [0.717, 1.165) is 0 Å². The largest absolute Gasteiger partial charge is 0.484 e. The number of hydrogen-bond donors (Lipinski definition) is 1. The summed E-state index contributed by atoms with van der Waals surface area (Å²) >= 11 is 0. The summed E-state index contributed by atoms with van der Waals surface area (Å²) in [6.07, 6.45) is -4.39. The molecule has 0 atom stereocenters. The molecule has 140 valence electrons. The number of rotatable bonds is 5. The van der Waals surface area contributed by atoms with Gasteiger partial charge in [0.2, 0.25) is 5.91 Å². The fourth-order valence-electron chi connectivity index (χ4n) is 2.63. The predicted molar refractivity (Wildman–Crippen MR) is 87.8 cm³/mol. The highest BCUT2D eigenvalue weighted by Gasteiger charge is 2.30. The van der Waals surface area contributed by atoms with Crippen molar-refractivity contribution in [3.05, 3.63) is 23.8 Å². The van der Waals surface area contributed by atoms with E-state index in [1.807, 2.05) is 13.8 Å². The molecule has 0 bridgehead atoms. The molecular weight excluding hydrogens is 337 g/mol. The van der Waals surface area contributed by atoms with Crippen LogP contribution in [-0.2, 0) is 9.53 Å². The first-order valence-corrected chi connectivity index (χ1v) is 8.02. The predicted octanol–water partition coefficient (Wildman–Crippen LogP) is 2.99. The van der Waals surface area contributed by atoms with E-state index in [9.17, 15) is 18.0 Å². The summed E-state index contributed by atoms with van der Waals surface area (Å²) in [7, 11) is 0. The quantitative estimate of drug-likeness (QED) is 0.877. The molecule has 1 fully saturated rings. The van der Waals surface area contributed by atoms with Gasteiger partial charge in [-0.2, -0.15) is 13.2 Å². The van der Waals surface area contributed by atoms with Crippen LogP contribution in [0.15, 0.2) is 18.2 Å². The Labute approximate surface area is 145 Å². The number of benzene rings is 1. The Morgan fingerprint density at radius 2 is 2.12 bits per heavy atom. The molecule has 1 aromatic carbocycles. The Kier molecular flexibility index (Phi) is 5.82. The Bertz CT molecular complexity index is 618. The lowest BCUT2D eigenvalue weighted by Gasteiger charge is -2.38. The number of morpholine rings is 1. The number of carbonyl (C=O) groups is 1. The third-order valence-electron chi connectivity index (χ3n) is 3.88. The van der Waals surface area contributed by atoms with Gasteiger partial charge in [0.1, 0.15) is 5.75 Å². The van der Waals surface area contributed by atoms with Gasteiger partial charge in [-0.15, -0.1) is 0 Å². The van der Waals surface area contributed by atoms with Crippen LogP contribution in [0, 0.1) is 6.92 Å². The van der Waals surface area contributed by atoms with Crippen molar-refractivity contribution in [2.24, 2.45) is 0 Å². The van der Waals surface area contributed by atoms with Gasteiger partial charge in [0.05, 0.1) is 18.8 Å². The number of halogens is 3. The van der Waals surface area contributed by atoms with E-state index < -0.39 is 12.8 Å². The highest BCUT2D eigenvalue weighted by atomic mass is 19.4. The molecule has 0 spiro atoms. The first kappa shape index (κ1) is 19.4. The van der Waals surface area contributed by atoms with E-state index in [2.05, 4.69) is 5.32 Å². The van der Waals surface area contributed by atoms with E-state index in [4.69, 9.17) is 9.47 Å². The lowest BCUT2D eigenvalue weighted by Crippen LogP contribution is -2.51. The van der Waals surface area contributed by atoms with Crippen molar-refractivity contribution in [1.29, 1.82) is 0 Å². The zero-order valence-electron chi connectivity index (χ0n) is 14.6. The maximum atomic E-state index is 12.3. The molecule has 1 aliphatic rings. The molecule has 1 saturated heterocycles. The molecule has 5 nitrogen and oxygen atoms in total. The molecule has 1 heterocycles. The molecule has 1 aromatic rings. The standard InChI is InChI=1S/C17H23F3N2O3/c1-12-13(5-4-6-14(12)24-11-17(18,19)20)21-9-15(23)22-7-8-25-16(2,3)10-22/h4-6,21H,7-11H2,1-3H3. The third kappa shape index (κ3) is 5.81. The normalized spacial score (nSPS) is 17.3. The van der Waals surface area contributed by atoms with Crippen molar-refractivity contribution in [2.75, 3.05) is 38.2 Å². The Balaban J connectivity index is 1.95. The van der Waals surface area contributed by atoms with Gasteiger partial charge in [-0.25, -0.2) is 0 Å². The second-order valence-electron chi connectivity index (χ2n) is 6.61. The van der Waals surface area contributed by atoms with Crippen molar-refractivity contribution in [1.82, 2.24) is 4.90 Å². The first-order valence-electron chi connectivity index (χ1n) is 8.02. The third-order valence-corrected chi connectivity index (χ3v) is 3.88. The van der Waals surface area contributed by atoms with E-state index >= 15 is 0 Å². The van der Waals surface area contributed by atoms with Gasteiger partial charge in [0.25, 0.3) is 0 Å². The van der Waals surface area contributed by atoms with E-state index in [1.54, 1.807) is 24.0 Å². The number of ether oxygens (including phenoxy) is 2. The van der Waals surface area contributed by atoms with Crippen molar-refractivity contribution in [2.45, 2.75) is 32.5 Å². The van der Waals surface area contributed by atoms with Crippen LogP contribution in [0.4, 0.5) is 18.9 Å². The van der Waals surface area contributed by atoms with Gasteiger partial charge in [0.15, 0.2) is 6.61 Å². The molecule has 1 amide bonds. The van der Waals surface area contributed by atoms with Crippen LogP contribution in [0.3, 0.4) is 0 Å². The highest BCUT2D eigenvalue weighted by Crippen LogP contribution is 2.27. The summed E-state index contributed by atoms with van der Waals surface area (Å²) in [5.74, 6) is 0.0552. The Morgan fingerprint density at radius 3 is 2.76 bits per heavy atom. The molecule has 25 heavy (non-hydrogen) atoms. The summed E-state index contributed by atoms with van der Waals surface area (Å²) in [4.78, 5) is 14.1. The monoisotopic (exact) mass is 360 g/mol. The van der Waals surface area contributed by atoms with Gasteiger partial charge in [0, 0.05) is 24.3 Å². The van der Waals surface area contributed by atoms with Gasteiger partial charge in [-0.05, 0) is 32.9 Å². The lowest BCUT2D eigenvalue weighted by atomic mass is 10.1. The topological polar surface area (TPSA) is 50.8 Å². The van der Waals surface area contributed by atoms with Gasteiger partial charge in [-0.3, -0.25) is 4.79 Å². The maximum Gasteiger partial charge on any atom is 0.422 e. The fourth-order valence-corrected chi connectivity index (χ4v) is 2.63. The molecule has 0 aliphatic carbocycles. The molecule has 2 rings (SSSR count). The summed E-state index contributed by atoms with van der Waals surface area (Å²) in [6, 6.07) is 4.76. The zero-order chi connectivity index (χ0) is 18.7. The second-order valence-corrected chi connectivity index (χ2v) is 6.61. The summed E-state index contributed by atoms with van der Waals surface area (Å²) in [5, 5.41) is 2.98. The fraction of sp³-hybridized carbons (Fsp3) is 0.588. The maximum absolute atomic E-state index is 12.3. The molecule has 0 saturated carbocycles. The van der Waals surface area contributed by atoms with Crippen molar-refractivity contribution < 1.29 is 27.4 Å². The van der Waals surface area contributed by atoms with Crippen LogP contribution in [0.1, 0.15) is 19.4 Å². The van der Waals surface area contributed by atoms with Crippen LogP contribution >= 0.6 is 0 Å². The minimum Gasteiger partial charge on any atom is -0.484 e. The zero-order valence-corrected chi connectivity index (χ0v) is 14.6. The number of anilines is 1. The Morgan fingerprint density at radius 1 is 1.40 bits per heavy atom. The van der Waals surface area contributed by atoms with Crippen LogP contribution in [-0.4, -0.2) is 55.4 Å². The molecule has 1 aliphatic heterocycles. The van der Waals surface area contributed by atoms with Crippen molar-refractivity contribution in [3.63, 3.8) is 0 Å². The van der Waals surface area contributed by atoms with Crippen LogP contribution in [0.2, 0.25) is 0 Å². The average Bonchev–Trinajstić information content (AvgIpc) is 2.50. The SMILES string of the molecule is Cc1c(NCC(=O)N2CCOC(C)(C)C2)cccc1OCC(F)(F)F. The summed E-state index contributed by atoms with van der Waals surface area (Å²) in [5.41, 5.74) is 0.720. The second kappa shape index (κ2) is 7.51. The van der Waals surface area contributed by atoms with Gasteiger partial charge < -0.3 is 19.7 Å². The molecule has 8 heteroatoms. The number of amides is 1. The lowest BCUT2D eigenvalue weighted by molar-refractivity contribution is -0.153. The molecular formula is C17H23F3N2O3. The average molecular weight is 360 g/mol. The summed E-state index contributed by atoms with van der Waals surface area (Å²) < 4.78 is 47.3. The van der Waals surface area contributed by atoms with Crippen LogP contribution in [0.5, 0.6) is 5.75 Å². The smallest absolute Gasteiger partial charge is 0.422 e. The number of nitrogens with one attached hydrogen (secondary N) is 1. The van der Waals surface area contributed by atoms with E-state index in [0.29, 0.717) is 30.9 Å². The van der Waals surface area contributed by atoms with E-state index in [1.165, 1.54) is 6.07 Å². The van der Waals surface area contributed by atoms with E-state index in [-0.39, 0.29) is 23.8 Å². The number of alkyl halides is 3. The number of carbonyl (C=O) groups excluding carboxylic acids is 1. The number of nitrogens with zero attached hydrogens (tertiary/aromatic N) is 1. The first-order chi connectivity index (χ1) is 11.6. The van der Waals surface area contributed by atoms with Crippen LogP contribution < -0.4 is 10.1 Å². The highest BCUT2D eigenvalue weighted by molar-refractivity contribution is 5.81. The van der Waals surface area contributed by atoms with Gasteiger partial charge >= 0.3 is 6.18 Å². The van der Waals surface area contributed by atoms with Crippen LogP contribution in [0.25, 0.3) is 0 Å². The molecule has 0 unspecified atom stereocenters. The minimum atomic E-state index is -4.39. The molecule has 1 N–H and O–H groups in total. The summed E-state index contributed by atoms with van der Waals surface area (Å²) in [6.45, 7) is 5.71. The molecule has 0 aromatic heterocycles.